The second kappa shape index (κ2) is 4.69. The summed E-state index contributed by atoms with van der Waals surface area (Å²) in [7, 11) is 0. The van der Waals surface area contributed by atoms with E-state index in [1.165, 1.54) is 4.90 Å². The summed E-state index contributed by atoms with van der Waals surface area (Å²) in [5.41, 5.74) is -0.811. The zero-order valence-electron chi connectivity index (χ0n) is 11.9. The summed E-state index contributed by atoms with van der Waals surface area (Å²) < 4.78 is 5.33. The Morgan fingerprint density at radius 2 is 1.79 bits per heavy atom. The van der Waals surface area contributed by atoms with Gasteiger partial charge in [-0.2, -0.15) is 0 Å². The zero-order chi connectivity index (χ0) is 14.3. The van der Waals surface area contributed by atoms with Crippen molar-refractivity contribution in [3.05, 3.63) is 0 Å². The third kappa shape index (κ3) is 2.69. The summed E-state index contributed by atoms with van der Waals surface area (Å²) in [6.45, 7) is 5.87. The average molecular weight is 269 g/mol. The van der Waals surface area contributed by atoms with Gasteiger partial charge in [-0.05, 0) is 40.0 Å². The van der Waals surface area contributed by atoms with Gasteiger partial charge in [0, 0.05) is 12.0 Å². The van der Waals surface area contributed by atoms with Crippen molar-refractivity contribution in [3.8, 4) is 0 Å². The van der Waals surface area contributed by atoms with E-state index >= 15 is 0 Å². The van der Waals surface area contributed by atoms with Crippen molar-refractivity contribution in [1.29, 1.82) is 0 Å². The highest BCUT2D eigenvalue weighted by Crippen LogP contribution is 2.50. The molecule has 1 unspecified atom stereocenters. The summed E-state index contributed by atoms with van der Waals surface area (Å²) >= 11 is 0. The molecule has 2 fully saturated rings. The molecule has 5 nitrogen and oxygen atoms in total. The van der Waals surface area contributed by atoms with E-state index in [0.717, 1.165) is 32.1 Å². The maximum Gasteiger partial charge on any atom is 0.411 e. The van der Waals surface area contributed by atoms with E-state index in [9.17, 15) is 14.7 Å². The predicted octanol–water partition coefficient (Wildman–Crippen LogP) is 2.64. The van der Waals surface area contributed by atoms with Crippen LogP contribution >= 0.6 is 0 Å². The molecule has 5 heteroatoms. The second-order valence-corrected chi connectivity index (χ2v) is 6.73. The third-order valence-corrected chi connectivity index (χ3v) is 4.20. The molecule has 0 aromatic rings. The summed E-state index contributed by atoms with van der Waals surface area (Å²) in [5, 5.41) is 9.51. The molecule has 1 atom stereocenters. The van der Waals surface area contributed by atoms with Crippen LogP contribution in [-0.2, 0) is 9.53 Å². The van der Waals surface area contributed by atoms with E-state index in [1.807, 2.05) is 0 Å². The van der Waals surface area contributed by atoms with Crippen molar-refractivity contribution in [2.24, 2.45) is 5.41 Å². The molecule has 1 aliphatic heterocycles. The molecule has 1 saturated heterocycles. The summed E-state index contributed by atoms with van der Waals surface area (Å²) in [4.78, 5) is 25.2. The number of aliphatic carboxylic acids is 1. The molecule has 0 radical (unpaired) electrons. The van der Waals surface area contributed by atoms with Gasteiger partial charge in [0.25, 0.3) is 0 Å². The molecule has 1 heterocycles. The van der Waals surface area contributed by atoms with Crippen LogP contribution in [0.15, 0.2) is 0 Å². The van der Waals surface area contributed by atoms with Crippen molar-refractivity contribution in [2.75, 3.05) is 6.54 Å². The Kier molecular flexibility index (Phi) is 3.49. The first-order valence-electron chi connectivity index (χ1n) is 6.98. The van der Waals surface area contributed by atoms with Crippen LogP contribution in [0.2, 0.25) is 0 Å². The number of carbonyl (C=O) groups excluding carboxylic acids is 1. The molecule has 1 saturated carbocycles. The van der Waals surface area contributed by atoms with Gasteiger partial charge in [-0.25, -0.2) is 9.59 Å². The minimum atomic E-state index is -0.898. The lowest BCUT2D eigenvalue weighted by Crippen LogP contribution is -2.48. The Morgan fingerprint density at radius 3 is 2.26 bits per heavy atom. The normalized spacial score (nSPS) is 25.8. The van der Waals surface area contributed by atoms with Crippen LogP contribution in [0.4, 0.5) is 4.79 Å². The fraction of sp³-hybridized carbons (Fsp3) is 0.857. The Hall–Kier alpha value is -1.26. The summed E-state index contributed by atoms with van der Waals surface area (Å²) in [5.74, 6) is -0.898. The van der Waals surface area contributed by atoms with Crippen molar-refractivity contribution < 1.29 is 19.4 Å². The summed E-state index contributed by atoms with van der Waals surface area (Å²) in [6.07, 6.45) is 4.22. The molecule has 2 aliphatic rings. The number of hydrogen-bond donors (Lipinski definition) is 1. The molecular weight excluding hydrogens is 246 g/mol. The lowest BCUT2D eigenvalue weighted by molar-refractivity contribution is -0.145. The molecule has 0 aromatic carbocycles. The van der Waals surface area contributed by atoms with E-state index in [4.69, 9.17) is 4.74 Å². The van der Waals surface area contributed by atoms with Crippen LogP contribution in [0, 0.1) is 5.41 Å². The van der Waals surface area contributed by atoms with Crippen molar-refractivity contribution in [1.82, 2.24) is 4.90 Å². The lowest BCUT2D eigenvalue weighted by atomic mass is 9.79. The largest absolute Gasteiger partial charge is 0.480 e. The fourth-order valence-electron chi connectivity index (χ4n) is 3.45. The Morgan fingerprint density at radius 1 is 1.21 bits per heavy atom. The predicted molar refractivity (Wildman–Crippen MR) is 69.9 cm³/mol. The smallest absolute Gasteiger partial charge is 0.411 e. The minimum absolute atomic E-state index is 0.220. The van der Waals surface area contributed by atoms with Crippen LogP contribution < -0.4 is 0 Å². The first-order chi connectivity index (χ1) is 8.75. The SMILES string of the molecule is CC(C)(C)OC(=O)N1CCC2(CCCC2)C1C(=O)O. The average Bonchev–Trinajstić information content (AvgIpc) is 2.84. The Bertz CT molecular complexity index is 379. The molecule has 1 N–H and O–H groups in total. The van der Waals surface area contributed by atoms with Gasteiger partial charge >= 0.3 is 12.1 Å². The fourth-order valence-corrected chi connectivity index (χ4v) is 3.45. The van der Waals surface area contributed by atoms with Crippen LogP contribution in [0.5, 0.6) is 0 Å². The van der Waals surface area contributed by atoms with Gasteiger partial charge in [0.15, 0.2) is 0 Å². The van der Waals surface area contributed by atoms with Gasteiger partial charge in [-0.1, -0.05) is 12.8 Å². The first kappa shape index (κ1) is 14.2. The number of amides is 1. The van der Waals surface area contributed by atoms with Crippen molar-refractivity contribution >= 4 is 12.1 Å². The minimum Gasteiger partial charge on any atom is -0.480 e. The molecule has 0 bridgehead atoms. The van der Waals surface area contributed by atoms with Crippen LogP contribution in [-0.4, -0.2) is 40.3 Å². The van der Waals surface area contributed by atoms with Gasteiger partial charge in [0.1, 0.15) is 11.6 Å². The molecule has 1 spiro atoms. The highest BCUT2D eigenvalue weighted by atomic mass is 16.6. The monoisotopic (exact) mass is 269 g/mol. The Labute approximate surface area is 113 Å². The number of likely N-dealkylation sites (tertiary alicyclic amines) is 1. The highest BCUT2D eigenvalue weighted by molar-refractivity contribution is 5.82. The van der Waals surface area contributed by atoms with E-state index in [-0.39, 0.29) is 5.41 Å². The maximum absolute atomic E-state index is 12.2. The van der Waals surface area contributed by atoms with Gasteiger partial charge < -0.3 is 9.84 Å². The number of carbonyl (C=O) groups is 2. The van der Waals surface area contributed by atoms with Gasteiger partial charge in [0.2, 0.25) is 0 Å². The van der Waals surface area contributed by atoms with E-state index in [0.29, 0.717) is 6.54 Å². The number of carboxylic acid groups (broad SMARTS) is 1. The number of ether oxygens (including phenoxy) is 1. The second-order valence-electron chi connectivity index (χ2n) is 6.73. The van der Waals surface area contributed by atoms with Crippen LogP contribution in [0.25, 0.3) is 0 Å². The van der Waals surface area contributed by atoms with Crippen molar-refractivity contribution in [3.63, 3.8) is 0 Å². The lowest BCUT2D eigenvalue weighted by Gasteiger charge is -2.32. The number of hydrogen-bond acceptors (Lipinski definition) is 3. The molecule has 1 aliphatic carbocycles. The third-order valence-electron chi connectivity index (χ3n) is 4.20. The van der Waals surface area contributed by atoms with E-state index < -0.39 is 23.7 Å². The van der Waals surface area contributed by atoms with Crippen LogP contribution in [0.1, 0.15) is 52.9 Å². The molecule has 19 heavy (non-hydrogen) atoms. The molecule has 0 aromatic heterocycles. The molecular formula is C14H23NO4. The number of nitrogens with zero attached hydrogens (tertiary/aromatic N) is 1. The van der Waals surface area contributed by atoms with Gasteiger partial charge in [-0.15, -0.1) is 0 Å². The zero-order valence-corrected chi connectivity index (χ0v) is 11.9. The maximum atomic E-state index is 12.2. The van der Waals surface area contributed by atoms with Crippen LogP contribution in [0.3, 0.4) is 0 Å². The van der Waals surface area contributed by atoms with Gasteiger partial charge in [0.05, 0.1) is 0 Å². The standard InChI is InChI=1S/C14H23NO4/c1-13(2,3)19-12(18)15-9-8-14(6-4-5-7-14)10(15)11(16)17/h10H,4-9H2,1-3H3,(H,16,17). The number of rotatable bonds is 1. The molecule has 1 amide bonds. The highest BCUT2D eigenvalue weighted by Gasteiger charge is 2.54. The molecule has 108 valence electrons. The first-order valence-corrected chi connectivity index (χ1v) is 6.98. The topological polar surface area (TPSA) is 66.8 Å². The van der Waals surface area contributed by atoms with E-state index in [1.54, 1.807) is 20.8 Å². The van der Waals surface area contributed by atoms with E-state index in [2.05, 4.69) is 0 Å². The number of carboxylic acids is 1. The van der Waals surface area contributed by atoms with Crippen molar-refractivity contribution in [2.45, 2.75) is 64.5 Å². The quantitative estimate of drug-likeness (QED) is 0.794. The summed E-state index contributed by atoms with van der Waals surface area (Å²) in [6, 6.07) is -0.718. The molecule has 2 rings (SSSR count). The van der Waals surface area contributed by atoms with Gasteiger partial charge in [-0.3, -0.25) is 4.90 Å². The Balaban J connectivity index is 2.17.